The maximum absolute atomic E-state index is 9.37. The van der Waals surface area contributed by atoms with E-state index in [2.05, 4.69) is 11.0 Å². The second-order valence-electron chi connectivity index (χ2n) is 5.20. The number of anilines is 1. The Bertz CT molecular complexity index is 669. The summed E-state index contributed by atoms with van der Waals surface area (Å²) in [4.78, 5) is 2.16. The van der Waals surface area contributed by atoms with Gasteiger partial charge in [-0.3, -0.25) is 0 Å². The molecule has 2 N–H and O–H groups in total. The van der Waals surface area contributed by atoms with Crippen LogP contribution in [0, 0.1) is 11.3 Å². The van der Waals surface area contributed by atoms with Gasteiger partial charge >= 0.3 is 0 Å². The van der Waals surface area contributed by atoms with Gasteiger partial charge in [0, 0.05) is 25.2 Å². The number of nitriles is 1. The van der Waals surface area contributed by atoms with Crippen molar-refractivity contribution in [1.82, 2.24) is 0 Å². The Hall–Kier alpha value is -2.22. The van der Waals surface area contributed by atoms with Crippen LogP contribution in [0.5, 0.6) is 11.5 Å². The minimum Gasteiger partial charge on any atom is -0.457 e. The van der Waals surface area contributed by atoms with Crippen LogP contribution in [0.3, 0.4) is 0 Å². The number of hydrogen-bond acceptors (Lipinski definition) is 4. The first-order valence-electron chi connectivity index (χ1n) is 7.04. The lowest BCUT2D eigenvalue weighted by Gasteiger charge is -2.20. The Balaban J connectivity index is 0.00000176. The van der Waals surface area contributed by atoms with E-state index in [1.807, 2.05) is 42.5 Å². The molecule has 2 aromatic carbocycles. The van der Waals surface area contributed by atoms with Gasteiger partial charge in [-0.1, -0.05) is 18.2 Å². The summed E-state index contributed by atoms with van der Waals surface area (Å²) in [5, 5.41) is 9.37. The fourth-order valence-electron chi connectivity index (χ4n) is 2.57. The molecule has 2 aromatic rings. The summed E-state index contributed by atoms with van der Waals surface area (Å²) in [5.74, 6) is 1.43. The molecule has 1 aliphatic rings. The third-order valence-electron chi connectivity index (χ3n) is 3.63. The summed E-state index contributed by atoms with van der Waals surface area (Å²) in [7, 11) is 0. The predicted octanol–water partition coefficient (Wildman–Crippen LogP) is 3.31. The molecule has 1 atom stereocenters. The topological polar surface area (TPSA) is 62.3 Å². The van der Waals surface area contributed by atoms with E-state index in [9.17, 15) is 5.26 Å². The van der Waals surface area contributed by atoms with E-state index in [-0.39, 0.29) is 18.4 Å². The van der Waals surface area contributed by atoms with Crippen molar-refractivity contribution >= 4 is 18.1 Å². The number of para-hydroxylation sites is 1. The van der Waals surface area contributed by atoms with Crippen LogP contribution < -0.4 is 15.4 Å². The van der Waals surface area contributed by atoms with E-state index in [0.717, 1.165) is 30.9 Å². The van der Waals surface area contributed by atoms with Gasteiger partial charge in [-0.15, -0.1) is 12.4 Å². The molecule has 4 nitrogen and oxygen atoms in total. The molecule has 5 heteroatoms. The third-order valence-corrected chi connectivity index (χ3v) is 3.63. The molecule has 0 radical (unpaired) electrons. The minimum absolute atomic E-state index is 0. The molecule has 3 rings (SSSR count). The first-order chi connectivity index (χ1) is 10.3. The van der Waals surface area contributed by atoms with Crippen LogP contribution in [0.4, 0.5) is 5.69 Å². The zero-order valence-corrected chi connectivity index (χ0v) is 12.9. The van der Waals surface area contributed by atoms with Gasteiger partial charge in [-0.05, 0) is 30.7 Å². The van der Waals surface area contributed by atoms with E-state index in [4.69, 9.17) is 10.5 Å². The predicted molar refractivity (Wildman–Crippen MR) is 89.7 cm³/mol. The molecular formula is C17H18ClN3O. The SMILES string of the molecule is Cl.N#Cc1cc(Oc2ccccc2)ccc1N1CC[C@H](N)C1. The highest BCUT2D eigenvalue weighted by Crippen LogP contribution is 2.29. The van der Waals surface area contributed by atoms with Crippen LogP contribution >= 0.6 is 12.4 Å². The van der Waals surface area contributed by atoms with Crippen LogP contribution in [0.2, 0.25) is 0 Å². The molecular weight excluding hydrogens is 298 g/mol. The molecule has 114 valence electrons. The lowest BCUT2D eigenvalue weighted by atomic mass is 10.1. The number of nitrogens with two attached hydrogens (primary N) is 1. The maximum Gasteiger partial charge on any atom is 0.128 e. The Morgan fingerprint density at radius 3 is 2.55 bits per heavy atom. The average molecular weight is 316 g/mol. The van der Waals surface area contributed by atoms with Crippen molar-refractivity contribution in [2.75, 3.05) is 18.0 Å². The van der Waals surface area contributed by atoms with Crippen molar-refractivity contribution in [3.8, 4) is 17.6 Å². The van der Waals surface area contributed by atoms with Crippen molar-refractivity contribution in [1.29, 1.82) is 5.26 Å². The average Bonchev–Trinajstić information content (AvgIpc) is 2.94. The van der Waals surface area contributed by atoms with Crippen molar-refractivity contribution in [2.24, 2.45) is 5.73 Å². The molecule has 0 spiro atoms. The summed E-state index contributed by atoms with van der Waals surface area (Å²) < 4.78 is 5.77. The van der Waals surface area contributed by atoms with Gasteiger partial charge in [0.25, 0.3) is 0 Å². The number of hydrogen-bond donors (Lipinski definition) is 1. The Morgan fingerprint density at radius 2 is 1.91 bits per heavy atom. The van der Waals surface area contributed by atoms with Crippen LogP contribution in [-0.4, -0.2) is 19.1 Å². The van der Waals surface area contributed by atoms with Crippen molar-refractivity contribution in [3.63, 3.8) is 0 Å². The van der Waals surface area contributed by atoms with Gasteiger partial charge in [-0.25, -0.2) is 0 Å². The molecule has 1 heterocycles. The molecule has 0 bridgehead atoms. The monoisotopic (exact) mass is 315 g/mol. The highest BCUT2D eigenvalue weighted by molar-refractivity contribution is 5.85. The molecule has 1 aliphatic heterocycles. The van der Waals surface area contributed by atoms with E-state index >= 15 is 0 Å². The van der Waals surface area contributed by atoms with E-state index in [1.165, 1.54) is 0 Å². The first-order valence-corrected chi connectivity index (χ1v) is 7.04. The van der Waals surface area contributed by atoms with Gasteiger partial charge in [0.2, 0.25) is 0 Å². The van der Waals surface area contributed by atoms with Gasteiger partial charge in [0.05, 0.1) is 11.3 Å². The van der Waals surface area contributed by atoms with Crippen molar-refractivity contribution < 1.29 is 4.74 Å². The Kier molecular flexibility index (Phi) is 5.26. The maximum atomic E-state index is 9.37. The fourth-order valence-corrected chi connectivity index (χ4v) is 2.57. The summed E-state index contributed by atoms with van der Waals surface area (Å²) in [6.45, 7) is 1.70. The van der Waals surface area contributed by atoms with Gasteiger partial charge < -0.3 is 15.4 Å². The van der Waals surface area contributed by atoms with Crippen LogP contribution in [0.25, 0.3) is 0 Å². The zero-order chi connectivity index (χ0) is 14.7. The molecule has 0 aliphatic carbocycles. The second kappa shape index (κ2) is 7.17. The van der Waals surface area contributed by atoms with Crippen LogP contribution in [-0.2, 0) is 0 Å². The van der Waals surface area contributed by atoms with Crippen LogP contribution in [0.1, 0.15) is 12.0 Å². The summed E-state index contributed by atoms with van der Waals surface area (Å²) in [6.07, 6.45) is 0.965. The molecule has 0 amide bonds. The molecule has 22 heavy (non-hydrogen) atoms. The normalized spacial score (nSPS) is 16.7. The number of benzene rings is 2. The van der Waals surface area contributed by atoms with E-state index in [1.54, 1.807) is 6.07 Å². The zero-order valence-electron chi connectivity index (χ0n) is 12.1. The van der Waals surface area contributed by atoms with E-state index in [0.29, 0.717) is 11.3 Å². The Morgan fingerprint density at radius 1 is 1.14 bits per heavy atom. The largest absolute Gasteiger partial charge is 0.457 e. The van der Waals surface area contributed by atoms with Gasteiger partial charge in [0.15, 0.2) is 0 Å². The molecule has 0 saturated carbocycles. The van der Waals surface area contributed by atoms with E-state index < -0.39 is 0 Å². The van der Waals surface area contributed by atoms with Crippen LogP contribution in [0.15, 0.2) is 48.5 Å². The van der Waals surface area contributed by atoms with Gasteiger partial charge in [-0.2, -0.15) is 5.26 Å². The number of ether oxygens (including phenoxy) is 1. The molecule has 0 aromatic heterocycles. The lowest BCUT2D eigenvalue weighted by molar-refractivity contribution is 0.482. The van der Waals surface area contributed by atoms with Gasteiger partial charge in [0.1, 0.15) is 17.6 Å². The quantitative estimate of drug-likeness (QED) is 0.944. The number of nitrogens with zero attached hydrogens (tertiary/aromatic N) is 2. The standard InChI is InChI=1S/C17H17N3O.ClH/c18-11-13-10-16(21-15-4-2-1-3-5-15)6-7-17(13)20-9-8-14(19)12-20;/h1-7,10,14H,8-9,12,19H2;1H/t14-;/m0./s1. The van der Waals surface area contributed by atoms with Crippen molar-refractivity contribution in [3.05, 3.63) is 54.1 Å². The Labute approximate surface area is 136 Å². The molecule has 1 fully saturated rings. The summed E-state index contributed by atoms with van der Waals surface area (Å²) >= 11 is 0. The first kappa shape index (κ1) is 16.2. The third kappa shape index (κ3) is 3.51. The lowest BCUT2D eigenvalue weighted by Crippen LogP contribution is -2.26. The minimum atomic E-state index is 0. The molecule has 0 unspecified atom stereocenters. The second-order valence-corrected chi connectivity index (χ2v) is 5.20. The highest BCUT2D eigenvalue weighted by atomic mass is 35.5. The van der Waals surface area contributed by atoms with Crippen molar-refractivity contribution in [2.45, 2.75) is 12.5 Å². The smallest absolute Gasteiger partial charge is 0.128 e. The summed E-state index contributed by atoms with van der Waals surface area (Å²) in [6, 6.07) is 17.6. The highest BCUT2D eigenvalue weighted by Gasteiger charge is 2.21. The fraction of sp³-hybridized carbons (Fsp3) is 0.235. The number of rotatable bonds is 3. The number of halogens is 1. The summed E-state index contributed by atoms with van der Waals surface area (Å²) in [5.41, 5.74) is 7.50. The molecule has 1 saturated heterocycles.